The molecule has 3 N–H and O–H groups in total. The Morgan fingerprint density at radius 3 is 2.96 bits per heavy atom. The minimum absolute atomic E-state index is 0.156. The second kappa shape index (κ2) is 8.61. The van der Waals surface area contributed by atoms with Crippen LogP contribution >= 0.6 is 15.9 Å². The van der Waals surface area contributed by atoms with Crippen molar-refractivity contribution in [3.63, 3.8) is 0 Å². The molecule has 0 aromatic carbocycles. The Morgan fingerprint density at radius 1 is 1.35 bits per heavy atom. The van der Waals surface area contributed by atoms with Crippen LogP contribution in [-0.2, 0) is 15.9 Å². The molecule has 2 aromatic heterocycles. The molecule has 0 spiro atoms. The average molecular weight is 385 g/mol. The molecule has 0 radical (unpaired) electrons. The Kier molecular flexibility index (Phi) is 6.51. The van der Waals surface area contributed by atoms with Crippen LogP contribution in [0.4, 0.5) is 5.69 Å². The number of pyridine rings is 1. The van der Waals surface area contributed by atoms with Gasteiger partial charge in [0, 0.05) is 25.9 Å². The lowest BCUT2D eigenvalue weighted by atomic mass is 10.3. The predicted molar refractivity (Wildman–Crippen MR) is 87.7 cm³/mol. The Labute approximate surface area is 140 Å². The van der Waals surface area contributed by atoms with E-state index in [4.69, 9.17) is 9.47 Å². The summed E-state index contributed by atoms with van der Waals surface area (Å²) in [7, 11) is 1.61. The summed E-state index contributed by atoms with van der Waals surface area (Å²) in [6, 6.07) is 0. The van der Waals surface area contributed by atoms with E-state index in [1.54, 1.807) is 7.11 Å². The number of imidazole rings is 1. The number of nitrogens with zero attached hydrogens (tertiary/aromatic N) is 1. The highest BCUT2D eigenvalue weighted by atomic mass is 79.9. The molecule has 0 unspecified atom stereocenters. The Morgan fingerprint density at radius 2 is 2.17 bits per heavy atom. The van der Waals surface area contributed by atoms with Crippen molar-refractivity contribution in [2.75, 3.05) is 32.2 Å². The van der Waals surface area contributed by atoms with E-state index in [0.29, 0.717) is 36.5 Å². The molecular formula is C14H17BrN4O4. The van der Waals surface area contributed by atoms with Gasteiger partial charge in [0.15, 0.2) is 0 Å². The summed E-state index contributed by atoms with van der Waals surface area (Å²) >= 11 is 3.10. The number of nitrogens with one attached hydrogen (secondary N) is 3. The molecule has 1 amide bonds. The average Bonchev–Trinajstić information content (AvgIpc) is 3.00. The van der Waals surface area contributed by atoms with E-state index in [0.717, 1.165) is 0 Å². The summed E-state index contributed by atoms with van der Waals surface area (Å²) in [6.07, 6.45) is 4.89. The largest absolute Gasteiger partial charge is 0.382 e. The first-order chi connectivity index (χ1) is 11.1. The lowest BCUT2D eigenvalue weighted by Crippen LogP contribution is -2.19. The molecule has 2 rings (SSSR count). The van der Waals surface area contributed by atoms with Crippen LogP contribution in [0.25, 0.3) is 0 Å². The first kappa shape index (κ1) is 17.4. The number of anilines is 1. The number of aromatic nitrogens is 3. The van der Waals surface area contributed by atoms with Crippen molar-refractivity contribution in [2.45, 2.75) is 6.42 Å². The van der Waals surface area contributed by atoms with E-state index >= 15 is 0 Å². The van der Waals surface area contributed by atoms with Gasteiger partial charge in [0.1, 0.15) is 17.2 Å². The van der Waals surface area contributed by atoms with Crippen molar-refractivity contribution in [1.82, 2.24) is 15.0 Å². The van der Waals surface area contributed by atoms with Gasteiger partial charge in [-0.15, -0.1) is 0 Å². The van der Waals surface area contributed by atoms with Crippen LogP contribution in [0.3, 0.4) is 0 Å². The number of hydrogen-bond acceptors (Lipinski definition) is 5. The van der Waals surface area contributed by atoms with Crippen LogP contribution in [0.5, 0.6) is 0 Å². The Hall–Kier alpha value is -1.97. The van der Waals surface area contributed by atoms with Crippen molar-refractivity contribution >= 4 is 27.5 Å². The van der Waals surface area contributed by atoms with E-state index in [1.165, 1.54) is 18.6 Å². The molecule has 124 valence electrons. The third-order valence-corrected chi connectivity index (χ3v) is 3.52. The van der Waals surface area contributed by atoms with E-state index in [9.17, 15) is 9.59 Å². The summed E-state index contributed by atoms with van der Waals surface area (Å²) in [5.74, 6) is 0.198. The second-order valence-corrected chi connectivity index (χ2v) is 5.45. The van der Waals surface area contributed by atoms with Crippen LogP contribution in [0.2, 0.25) is 0 Å². The minimum atomic E-state index is -0.437. The number of rotatable bonds is 8. The molecule has 0 fully saturated rings. The molecule has 2 heterocycles. The van der Waals surface area contributed by atoms with Crippen LogP contribution in [-0.4, -0.2) is 47.8 Å². The number of methoxy groups -OCH3 is 1. The van der Waals surface area contributed by atoms with Crippen LogP contribution in [0.15, 0.2) is 27.9 Å². The van der Waals surface area contributed by atoms with Crippen molar-refractivity contribution in [3.8, 4) is 0 Å². The quantitative estimate of drug-likeness (QED) is 0.594. The zero-order valence-corrected chi connectivity index (χ0v) is 14.1. The lowest BCUT2D eigenvalue weighted by molar-refractivity contribution is 0.0717. The fourth-order valence-electron chi connectivity index (χ4n) is 1.76. The molecule has 0 saturated carbocycles. The summed E-state index contributed by atoms with van der Waals surface area (Å²) in [5, 5.41) is 2.53. The van der Waals surface area contributed by atoms with Crippen molar-refractivity contribution in [1.29, 1.82) is 0 Å². The van der Waals surface area contributed by atoms with Crippen LogP contribution < -0.4 is 10.7 Å². The zero-order chi connectivity index (χ0) is 16.7. The maximum atomic E-state index is 12.1. The summed E-state index contributed by atoms with van der Waals surface area (Å²) in [6.45, 7) is 1.52. The van der Waals surface area contributed by atoms with Gasteiger partial charge in [-0.1, -0.05) is 0 Å². The second-order valence-electron chi connectivity index (χ2n) is 4.60. The van der Waals surface area contributed by atoms with Gasteiger partial charge in [0.05, 0.1) is 30.5 Å². The number of halogens is 1. The highest BCUT2D eigenvalue weighted by Crippen LogP contribution is 2.07. The van der Waals surface area contributed by atoms with Crippen LogP contribution in [0, 0.1) is 0 Å². The molecule has 9 heteroatoms. The van der Waals surface area contributed by atoms with Gasteiger partial charge in [-0.25, -0.2) is 4.98 Å². The van der Waals surface area contributed by atoms with E-state index in [-0.39, 0.29) is 16.8 Å². The molecule has 0 aliphatic carbocycles. The number of carbonyl (C=O) groups excluding carboxylic acids is 1. The number of hydrogen-bond donors (Lipinski definition) is 3. The standard InChI is InChI=1S/C14H17BrN4O4/c1-22-4-5-23-3-2-12-17-8-11(18-12)14(21)19-10-7-16-6-9(15)13(10)20/h6-8H,2-5H2,1H3,(H,16,20)(H,17,18)(H,19,21). The zero-order valence-electron chi connectivity index (χ0n) is 12.5. The van der Waals surface area contributed by atoms with Gasteiger partial charge < -0.3 is 24.8 Å². The van der Waals surface area contributed by atoms with E-state index in [2.05, 4.69) is 36.2 Å². The maximum absolute atomic E-state index is 12.1. The molecule has 0 atom stereocenters. The Balaban J connectivity index is 1.91. The number of carbonyl (C=O) groups is 1. The normalized spacial score (nSPS) is 10.7. The van der Waals surface area contributed by atoms with Crippen LogP contribution in [0.1, 0.15) is 16.3 Å². The third kappa shape index (κ3) is 5.02. The molecule has 2 aromatic rings. The number of ether oxygens (including phenoxy) is 2. The van der Waals surface area contributed by atoms with Gasteiger partial charge in [0.2, 0.25) is 5.43 Å². The third-order valence-electron chi connectivity index (χ3n) is 2.94. The maximum Gasteiger partial charge on any atom is 0.273 e. The molecule has 23 heavy (non-hydrogen) atoms. The number of aromatic amines is 2. The first-order valence-electron chi connectivity index (χ1n) is 6.90. The molecule has 0 aliphatic rings. The number of amides is 1. The fraction of sp³-hybridized carbons (Fsp3) is 0.357. The van der Waals surface area contributed by atoms with E-state index < -0.39 is 5.91 Å². The summed E-state index contributed by atoms with van der Waals surface area (Å²) in [4.78, 5) is 33.7. The highest BCUT2D eigenvalue weighted by molar-refractivity contribution is 9.10. The van der Waals surface area contributed by atoms with Crippen molar-refractivity contribution in [3.05, 3.63) is 44.8 Å². The highest BCUT2D eigenvalue weighted by Gasteiger charge is 2.12. The monoisotopic (exact) mass is 384 g/mol. The lowest BCUT2D eigenvalue weighted by Gasteiger charge is -2.03. The van der Waals surface area contributed by atoms with Crippen molar-refractivity contribution in [2.24, 2.45) is 0 Å². The predicted octanol–water partition coefficient (Wildman–Crippen LogP) is 1.32. The fourth-order valence-corrected chi connectivity index (χ4v) is 2.10. The molecular weight excluding hydrogens is 368 g/mol. The number of H-pyrrole nitrogens is 2. The van der Waals surface area contributed by atoms with E-state index in [1.807, 2.05) is 0 Å². The SMILES string of the molecule is COCCOCCc1ncc(C(=O)Nc2c[nH]cc(Br)c2=O)[nH]1. The smallest absolute Gasteiger partial charge is 0.273 e. The molecule has 8 nitrogen and oxygen atoms in total. The summed E-state index contributed by atoms with van der Waals surface area (Å²) in [5.41, 5.74) is 0.128. The van der Waals surface area contributed by atoms with Gasteiger partial charge in [-0.2, -0.15) is 0 Å². The molecule has 0 aliphatic heterocycles. The molecule has 0 bridgehead atoms. The van der Waals surface area contributed by atoms with Gasteiger partial charge in [-0.3, -0.25) is 9.59 Å². The summed E-state index contributed by atoms with van der Waals surface area (Å²) < 4.78 is 10.5. The first-order valence-corrected chi connectivity index (χ1v) is 7.69. The topological polar surface area (TPSA) is 109 Å². The van der Waals surface area contributed by atoms with Crippen molar-refractivity contribution < 1.29 is 14.3 Å². The van der Waals surface area contributed by atoms with Gasteiger partial charge in [-0.05, 0) is 15.9 Å². The Bertz CT molecular complexity index is 713. The van der Waals surface area contributed by atoms with Gasteiger partial charge >= 0.3 is 0 Å². The minimum Gasteiger partial charge on any atom is -0.382 e. The molecule has 0 saturated heterocycles. The van der Waals surface area contributed by atoms with Gasteiger partial charge in [0.25, 0.3) is 5.91 Å².